The molecule has 0 saturated carbocycles. The van der Waals surface area contributed by atoms with E-state index in [4.69, 9.17) is 9.47 Å². The van der Waals surface area contributed by atoms with Crippen LogP contribution in [0, 0.1) is 0 Å². The quantitative estimate of drug-likeness (QED) is 0.565. The minimum absolute atomic E-state index is 0.100. The molecule has 0 spiro atoms. The third-order valence-electron chi connectivity index (χ3n) is 4.23. The van der Waals surface area contributed by atoms with Crippen LogP contribution in [0.3, 0.4) is 0 Å². The molecular formula is C21H23BrN2O3S. The Labute approximate surface area is 178 Å². The van der Waals surface area contributed by atoms with Gasteiger partial charge in [0.15, 0.2) is 17.0 Å². The summed E-state index contributed by atoms with van der Waals surface area (Å²) < 4.78 is 11.8. The molecule has 2 N–H and O–H groups in total. The van der Waals surface area contributed by atoms with Crippen LogP contribution in [0.2, 0.25) is 0 Å². The van der Waals surface area contributed by atoms with Crippen LogP contribution in [0.4, 0.5) is 5.69 Å². The Hall–Kier alpha value is -2.12. The van der Waals surface area contributed by atoms with Gasteiger partial charge in [0.1, 0.15) is 0 Å². The van der Waals surface area contributed by atoms with Gasteiger partial charge < -0.3 is 20.1 Å². The number of hydrogen-bond acceptors (Lipinski definition) is 5. The van der Waals surface area contributed by atoms with Crippen molar-refractivity contribution in [3.05, 3.63) is 56.9 Å². The molecule has 0 radical (unpaired) electrons. The number of benzene rings is 2. The van der Waals surface area contributed by atoms with E-state index in [0.29, 0.717) is 23.0 Å². The summed E-state index contributed by atoms with van der Waals surface area (Å²) in [6.07, 6.45) is 2.86. The van der Waals surface area contributed by atoms with Gasteiger partial charge in [0.05, 0.1) is 23.1 Å². The number of amides is 1. The molecule has 0 unspecified atom stereocenters. The van der Waals surface area contributed by atoms with E-state index >= 15 is 0 Å². The van der Waals surface area contributed by atoms with Crippen LogP contribution >= 0.6 is 27.7 Å². The molecule has 0 aliphatic carbocycles. The second kappa shape index (κ2) is 9.39. The van der Waals surface area contributed by atoms with Gasteiger partial charge in [0.25, 0.3) is 5.91 Å². The summed E-state index contributed by atoms with van der Waals surface area (Å²) in [6.45, 7) is 4.59. The third kappa shape index (κ3) is 4.83. The van der Waals surface area contributed by atoms with Crippen molar-refractivity contribution >= 4 is 45.4 Å². The zero-order valence-corrected chi connectivity index (χ0v) is 18.4. The summed E-state index contributed by atoms with van der Waals surface area (Å²) >= 11 is 4.97. The van der Waals surface area contributed by atoms with Gasteiger partial charge in [-0.25, -0.2) is 0 Å². The number of hydrogen-bond donors (Lipinski definition) is 2. The van der Waals surface area contributed by atoms with Gasteiger partial charge in [-0.05, 0) is 70.7 Å². The van der Waals surface area contributed by atoms with Crippen molar-refractivity contribution < 1.29 is 14.3 Å². The number of anilines is 1. The molecule has 28 heavy (non-hydrogen) atoms. The molecule has 5 nitrogen and oxygen atoms in total. The smallest absolute Gasteiger partial charge is 0.260 e. The second-order valence-electron chi connectivity index (χ2n) is 6.14. The van der Waals surface area contributed by atoms with Gasteiger partial charge in [-0.1, -0.05) is 30.8 Å². The minimum atomic E-state index is -0.209. The molecule has 7 heteroatoms. The van der Waals surface area contributed by atoms with E-state index < -0.39 is 0 Å². The van der Waals surface area contributed by atoms with Crippen molar-refractivity contribution in [2.45, 2.75) is 25.8 Å². The second-order valence-corrected chi connectivity index (χ2v) is 8.14. The Morgan fingerprint density at radius 1 is 1.25 bits per heavy atom. The highest BCUT2D eigenvalue weighted by Gasteiger charge is 2.27. The molecule has 1 atom stereocenters. The first-order chi connectivity index (χ1) is 13.5. The van der Waals surface area contributed by atoms with Crippen LogP contribution in [-0.4, -0.2) is 25.1 Å². The van der Waals surface area contributed by atoms with Gasteiger partial charge in [0.2, 0.25) is 0 Å². The number of rotatable bonds is 7. The Bertz CT molecular complexity index is 884. The highest BCUT2D eigenvalue weighted by atomic mass is 79.9. The number of thioether (sulfide) groups is 1. The summed E-state index contributed by atoms with van der Waals surface area (Å²) in [5.74, 6) is 1.18. The number of carbonyl (C=O) groups is 1. The van der Waals surface area contributed by atoms with Crippen molar-refractivity contribution in [3.8, 4) is 11.5 Å². The third-order valence-corrected chi connectivity index (χ3v) is 5.85. The number of nitrogens with one attached hydrogen (secondary N) is 2. The van der Waals surface area contributed by atoms with E-state index in [2.05, 4.69) is 45.6 Å². The van der Waals surface area contributed by atoms with E-state index in [1.54, 1.807) is 7.11 Å². The number of halogens is 1. The van der Waals surface area contributed by atoms with Crippen LogP contribution in [0.15, 0.2) is 45.8 Å². The van der Waals surface area contributed by atoms with Crippen molar-refractivity contribution in [2.75, 3.05) is 19.0 Å². The van der Waals surface area contributed by atoms with E-state index in [1.165, 1.54) is 17.3 Å². The number of methoxy groups -OCH3 is 1. The molecule has 0 aromatic heterocycles. The van der Waals surface area contributed by atoms with Crippen molar-refractivity contribution in [3.63, 3.8) is 0 Å². The fourth-order valence-corrected chi connectivity index (χ4v) is 4.37. The first-order valence-corrected chi connectivity index (χ1v) is 10.8. The van der Waals surface area contributed by atoms with Gasteiger partial charge in [-0.2, -0.15) is 0 Å². The SMILES string of the molecule is CCOc1c(Br)cc(/C=C2\S[C@H](Nc3ccc(CC)cc3)NC2=O)cc1OC. The van der Waals surface area contributed by atoms with Gasteiger partial charge >= 0.3 is 0 Å². The van der Waals surface area contributed by atoms with E-state index in [1.807, 2.05) is 37.3 Å². The highest BCUT2D eigenvalue weighted by Crippen LogP contribution is 2.38. The van der Waals surface area contributed by atoms with Crippen LogP contribution in [0.25, 0.3) is 6.08 Å². The van der Waals surface area contributed by atoms with Crippen LogP contribution < -0.4 is 20.1 Å². The first-order valence-electron chi connectivity index (χ1n) is 9.09. The summed E-state index contributed by atoms with van der Waals surface area (Å²) in [5.41, 5.74) is 2.91. The van der Waals surface area contributed by atoms with Gasteiger partial charge in [-0.15, -0.1) is 0 Å². The standard InChI is InChI=1S/C21H23BrN2O3S/c1-4-13-6-8-15(9-7-13)23-21-24-20(25)18(28-21)12-14-10-16(22)19(27-5-2)17(11-14)26-3/h6-12,21,23H,4-5H2,1-3H3,(H,24,25)/b18-12-/t21-/m1/s1. The Balaban J connectivity index is 1.75. The summed E-state index contributed by atoms with van der Waals surface area (Å²) in [7, 11) is 1.60. The Morgan fingerprint density at radius 2 is 2.00 bits per heavy atom. The molecule has 1 aliphatic heterocycles. The normalized spacial score (nSPS) is 17.5. The van der Waals surface area contributed by atoms with Crippen molar-refractivity contribution in [1.82, 2.24) is 5.32 Å². The fourth-order valence-electron chi connectivity index (χ4n) is 2.81. The lowest BCUT2D eigenvalue weighted by Gasteiger charge is -2.13. The Morgan fingerprint density at radius 3 is 2.64 bits per heavy atom. The molecule has 1 amide bonds. The minimum Gasteiger partial charge on any atom is -0.493 e. The number of carbonyl (C=O) groups excluding carboxylic acids is 1. The van der Waals surface area contributed by atoms with E-state index in [-0.39, 0.29) is 11.4 Å². The van der Waals surface area contributed by atoms with Crippen molar-refractivity contribution in [2.24, 2.45) is 0 Å². The lowest BCUT2D eigenvalue weighted by molar-refractivity contribution is -0.116. The molecule has 2 aromatic rings. The maximum Gasteiger partial charge on any atom is 0.260 e. The molecule has 1 saturated heterocycles. The zero-order chi connectivity index (χ0) is 20.1. The molecule has 0 bridgehead atoms. The molecular weight excluding hydrogens is 440 g/mol. The van der Waals surface area contributed by atoms with Crippen molar-refractivity contribution in [1.29, 1.82) is 0 Å². The molecule has 1 heterocycles. The van der Waals surface area contributed by atoms with E-state index in [9.17, 15) is 4.79 Å². The molecule has 2 aromatic carbocycles. The summed E-state index contributed by atoms with van der Waals surface area (Å²) in [4.78, 5) is 13.0. The summed E-state index contributed by atoms with van der Waals surface area (Å²) in [6, 6.07) is 12.0. The maximum absolute atomic E-state index is 12.4. The maximum atomic E-state index is 12.4. The molecule has 3 rings (SSSR count). The number of aryl methyl sites for hydroxylation is 1. The number of ether oxygens (including phenoxy) is 2. The largest absolute Gasteiger partial charge is 0.493 e. The monoisotopic (exact) mass is 462 g/mol. The lowest BCUT2D eigenvalue weighted by atomic mass is 10.1. The molecule has 1 fully saturated rings. The topological polar surface area (TPSA) is 59.6 Å². The Kier molecular flexibility index (Phi) is 6.91. The molecule has 148 valence electrons. The van der Waals surface area contributed by atoms with Crippen LogP contribution in [0.1, 0.15) is 25.0 Å². The highest BCUT2D eigenvalue weighted by molar-refractivity contribution is 9.10. The van der Waals surface area contributed by atoms with Gasteiger partial charge in [-0.3, -0.25) is 4.79 Å². The van der Waals surface area contributed by atoms with Crippen LogP contribution in [-0.2, 0) is 11.2 Å². The average Bonchev–Trinajstić information content (AvgIpc) is 3.03. The predicted molar refractivity (Wildman–Crippen MR) is 119 cm³/mol. The van der Waals surface area contributed by atoms with Gasteiger partial charge in [0, 0.05) is 5.69 Å². The lowest BCUT2D eigenvalue weighted by Crippen LogP contribution is -2.30. The zero-order valence-electron chi connectivity index (χ0n) is 16.0. The average molecular weight is 463 g/mol. The predicted octanol–water partition coefficient (Wildman–Crippen LogP) is 5.02. The van der Waals surface area contributed by atoms with Crippen LogP contribution in [0.5, 0.6) is 11.5 Å². The van der Waals surface area contributed by atoms with E-state index in [0.717, 1.165) is 22.1 Å². The summed E-state index contributed by atoms with van der Waals surface area (Å²) in [5, 5.41) is 6.29. The first kappa shape index (κ1) is 20.6. The fraction of sp³-hybridized carbons (Fsp3) is 0.286. The molecule has 1 aliphatic rings.